The van der Waals surface area contributed by atoms with Crippen molar-refractivity contribution >= 4 is 35.1 Å². The Kier molecular flexibility index (Phi) is 3.65. The fourth-order valence-corrected chi connectivity index (χ4v) is 1.61. The smallest absolute Gasteiger partial charge is 0.231 e. The molecule has 5 nitrogen and oxygen atoms in total. The summed E-state index contributed by atoms with van der Waals surface area (Å²) in [5, 5.41) is 7.62. The number of hydrogen-bond donors (Lipinski definition) is 2. The van der Waals surface area contributed by atoms with Crippen molar-refractivity contribution in [3.05, 3.63) is 22.7 Å². The van der Waals surface area contributed by atoms with E-state index < -0.39 is 0 Å². The van der Waals surface area contributed by atoms with Crippen LogP contribution in [0.1, 0.15) is 5.56 Å². The maximum atomic E-state index is 6.02. The number of benzene rings is 1. The average Bonchev–Trinajstić information content (AvgIpc) is 2.77. The van der Waals surface area contributed by atoms with Crippen molar-refractivity contribution < 1.29 is 9.47 Å². The molecule has 17 heavy (non-hydrogen) atoms. The number of nitrogens with zero attached hydrogens (tertiary/aromatic N) is 1. The molecule has 0 spiro atoms. The lowest BCUT2D eigenvalue weighted by molar-refractivity contribution is 0.174. The van der Waals surface area contributed by atoms with Gasteiger partial charge in [0.15, 0.2) is 16.6 Å². The predicted molar refractivity (Wildman–Crippen MR) is 70.0 cm³/mol. The summed E-state index contributed by atoms with van der Waals surface area (Å²) in [6.45, 7) is 0.192. The Labute approximate surface area is 109 Å². The fraction of sp³-hybridized carbons (Fsp3) is 0.200. The highest BCUT2D eigenvalue weighted by molar-refractivity contribution is 7.80. The molecule has 7 heteroatoms. The van der Waals surface area contributed by atoms with Crippen molar-refractivity contribution in [2.45, 2.75) is 0 Å². The predicted octanol–water partition coefficient (Wildman–Crippen LogP) is 1.50. The second kappa shape index (κ2) is 5.20. The summed E-state index contributed by atoms with van der Waals surface area (Å²) in [7, 11) is 1.71. The third kappa shape index (κ3) is 2.78. The van der Waals surface area contributed by atoms with E-state index in [1.54, 1.807) is 25.4 Å². The summed E-state index contributed by atoms with van der Waals surface area (Å²) >= 11 is 10.9. The minimum absolute atomic E-state index is 0.192. The van der Waals surface area contributed by atoms with E-state index in [0.717, 1.165) is 5.56 Å². The van der Waals surface area contributed by atoms with Crippen LogP contribution in [0.15, 0.2) is 17.2 Å². The zero-order valence-electron chi connectivity index (χ0n) is 8.99. The number of hydrazone groups is 1. The lowest BCUT2D eigenvalue weighted by atomic mass is 10.2. The van der Waals surface area contributed by atoms with E-state index in [1.165, 1.54) is 0 Å². The molecule has 1 heterocycles. The Morgan fingerprint density at radius 3 is 3.12 bits per heavy atom. The molecule has 0 aromatic heterocycles. The third-order valence-electron chi connectivity index (χ3n) is 2.06. The Hall–Kier alpha value is -1.53. The molecule has 0 saturated carbocycles. The van der Waals surface area contributed by atoms with Gasteiger partial charge in [0.05, 0.1) is 11.2 Å². The molecule has 0 fully saturated rings. The van der Waals surface area contributed by atoms with Crippen LogP contribution in [0.25, 0.3) is 0 Å². The first-order chi connectivity index (χ1) is 8.20. The second-order valence-corrected chi connectivity index (χ2v) is 4.00. The molecule has 1 aliphatic rings. The largest absolute Gasteiger partial charge is 0.454 e. The molecule has 0 radical (unpaired) electrons. The summed E-state index contributed by atoms with van der Waals surface area (Å²) in [4.78, 5) is 0. The standard InChI is InChI=1S/C10H10ClN3O2S/c1-12-10(17)14-13-4-6-2-7(11)9-8(3-6)15-5-16-9/h2-4H,5H2,1H3,(H2,12,14,17)/b13-4-. The number of fused-ring (bicyclic) bond motifs is 1. The van der Waals surface area contributed by atoms with E-state index in [1.807, 2.05) is 0 Å². The molecule has 0 saturated heterocycles. The van der Waals surface area contributed by atoms with Gasteiger partial charge in [0.1, 0.15) is 0 Å². The maximum Gasteiger partial charge on any atom is 0.231 e. The first-order valence-corrected chi connectivity index (χ1v) is 5.59. The molecule has 1 aromatic rings. The Balaban J connectivity index is 2.12. The molecule has 0 bridgehead atoms. The Bertz CT molecular complexity index is 479. The summed E-state index contributed by atoms with van der Waals surface area (Å²) < 4.78 is 10.4. The van der Waals surface area contributed by atoms with E-state index in [9.17, 15) is 0 Å². The van der Waals surface area contributed by atoms with Gasteiger partial charge >= 0.3 is 0 Å². The van der Waals surface area contributed by atoms with Crippen molar-refractivity contribution in [2.75, 3.05) is 13.8 Å². The van der Waals surface area contributed by atoms with Crippen molar-refractivity contribution in [3.8, 4) is 11.5 Å². The second-order valence-electron chi connectivity index (χ2n) is 3.19. The van der Waals surface area contributed by atoms with E-state index >= 15 is 0 Å². The topological polar surface area (TPSA) is 54.9 Å². The van der Waals surface area contributed by atoms with Gasteiger partial charge in [0.2, 0.25) is 6.79 Å². The van der Waals surface area contributed by atoms with Crippen molar-refractivity contribution in [1.82, 2.24) is 10.7 Å². The number of nitrogens with one attached hydrogen (secondary N) is 2. The van der Waals surface area contributed by atoms with Crippen LogP contribution in [-0.2, 0) is 0 Å². The molecule has 90 valence electrons. The summed E-state index contributed by atoms with van der Waals surface area (Å²) in [5.41, 5.74) is 3.44. The summed E-state index contributed by atoms with van der Waals surface area (Å²) in [6.07, 6.45) is 1.59. The van der Waals surface area contributed by atoms with Gasteiger partial charge in [-0.25, -0.2) is 0 Å². The number of thiocarbonyl (C=S) groups is 1. The number of halogens is 1. The molecule has 0 aliphatic carbocycles. The first kappa shape index (κ1) is 11.9. The van der Waals surface area contributed by atoms with E-state index in [-0.39, 0.29) is 6.79 Å². The average molecular weight is 272 g/mol. The number of hydrogen-bond acceptors (Lipinski definition) is 4. The van der Waals surface area contributed by atoms with Crippen molar-refractivity contribution in [3.63, 3.8) is 0 Å². The van der Waals surface area contributed by atoms with Crippen LogP contribution in [0.2, 0.25) is 5.02 Å². The van der Waals surface area contributed by atoms with E-state index in [2.05, 4.69) is 15.8 Å². The van der Waals surface area contributed by atoms with Gasteiger partial charge in [0, 0.05) is 7.05 Å². The highest BCUT2D eigenvalue weighted by Crippen LogP contribution is 2.39. The Morgan fingerprint density at radius 1 is 1.53 bits per heavy atom. The quantitative estimate of drug-likeness (QED) is 0.485. The monoisotopic (exact) mass is 271 g/mol. The molecule has 2 rings (SSSR count). The van der Waals surface area contributed by atoms with Gasteiger partial charge < -0.3 is 14.8 Å². The molecule has 1 aromatic carbocycles. The molecule has 2 N–H and O–H groups in total. The van der Waals surface area contributed by atoms with Crippen LogP contribution < -0.4 is 20.2 Å². The molecule has 0 atom stereocenters. The summed E-state index contributed by atoms with van der Waals surface area (Å²) in [6, 6.07) is 3.53. The maximum absolute atomic E-state index is 6.02. The molecular weight excluding hydrogens is 262 g/mol. The zero-order chi connectivity index (χ0) is 12.3. The van der Waals surface area contributed by atoms with Gasteiger partial charge in [-0.05, 0) is 29.9 Å². The minimum Gasteiger partial charge on any atom is -0.454 e. The van der Waals surface area contributed by atoms with Crippen LogP contribution in [0.5, 0.6) is 11.5 Å². The lowest BCUT2D eigenvalue weighted by Crippen LogP contribution is -2.28. The molecule has 0 amide bonds. The van der Waals surface area contributed by atoms with E-state index in [0.29, 0.717) is 21.6 Å². The normalized spacial score (nSPS) is 12.8. The van der Waals surface area contributed by atoms with Gasteiger partial charge in [-0.1, -0.05) is 11.6 Å². The SMILES string of the molecule is CNC(=S)N/N=C\c1cc(Cl)c2c(c1)OCO2. The van der Waals surface area contributed by atoms with Gasteiger partial charge in [0.25, 0.3) is 0 Å². The molecular formula is C10H10ClN3O2S. The highest BCUT2D eigenvalue weighted by atomic mass is 35.5. The van der Waals surface area contributed by atoms with Crippen molar-refractivity contribution in [2.24, 2.45) is 5.10 Å². The van der Waals surface area contributed by atoms with Crippen LogP contribution in [0.3, 0.4) is 0 Å². The summed E-state index contributed by atoms with van der Waals surface area (Å²) in [5.74, 6) is 1.19. The third-order valence-corrected chi connectivity index (χ3v) is 2.63. The van der Waals surface area contributed by atoms with Gasteiger partial charge in [-0.2, -0.15) is 5.10 Å². The van der Waals surface area contributed by atoms with Crippen molar-refractivity contribution in [1.29, 1.82) is 0 Å². The van der Waals surface area contributed by atoms with Crippen LogP contribution >= 0.6 is 23.8 Å². The van der Waals surface area contributed by atoms with Gasteiger partial charge in [-0.15, -0.1) is 0 Å². The van der Waals surface area contributed by atoms with Crippen LogP contribution in [0.4, 0.5) is 0 Å². The van der Waals surface area contributed by atoms with E-state index in [4.69, 9.17) is 33.3 Å². The first-order valence-electron chi connectivity index (χ1n) is 4.80. The van der Waals surface area contributed by atoms with Crippen LogP contribution in [-0.4, -0.2) is 25.2 Å². The lowest BCUT2D eigenvalue weighted by Gasteiger charge is -2.02. The highest BCUT2D eigenvalue weighted by Gasteiger charge is 2.17. The molecule has 0 unspecified atom stereocenters. The minimum atomic E-state index is 0.192. The zero-order valence-corrected chi connectivity index (χ0v) is 10.6. The van der Waals surface area contributed by atoms with Gasteiger partial charge in [-0.3, -0.25) is 5.43 Å². The Morgan fingerprint density at radius 2 is 2.35 bits per heavy atom. The molecule has 1 aliphatic heterocycles. The van der Waals surface area contributed by atoms with Crippen LogP contribution in [0, 0.1) is 0 Å². The fourth-order valence-electron chi connectivity index (χ4n) is 1.28. The number of ether oxygens (including phenoxy) is 2. The number of rotatable bonds is 2.